The van der Waals surface area contributed by atoms with Gasteiger partial charge in [-0.15, -0.1) is 0 Å². The molecule has 2 aliphatic rings. The first-order chi connectivity index (χ1) is 28.1. The summed E-state index contributed by atoms with van der Waals surface area (Å²) in [4.78, 5) is 101. The molecule has 0 aliphatic carbocycles. The summed E-state index contributed by atoms with van der Waals surface area (Å²) < 4.78 is 63.6. The molecule has 0 bridgehead atoms. The molecule has 0 unspecified atom stereocenters. The van der Waals surface area contributed by atoms with Gasteiger partial charge in [-0.3, -0.25) is 38.4 Å². The minimum absolute atomic E-state index is 0. The van der Waals surface area contributed by atoms with E-state index in [0.29, 0.717) is 26.1 Å². The van der Waals surface area contributed by atoms with Crippen molar-refractivity contribution < 1.29 is 123 Å². The first-order valence-corrected chi connectivity index (χ1v) is 19.3. The number of rotatable bonds is 16. The number of esters is 8. The summed E-state index contributed by atoms with van der Waals surface area (Å²) in [5.74, 6) is -5.55. The molecule has 0 N–H and O–H groups in total. The fourth-order valence-corrected chi connectivity index (χ4v) is 5.65. The maximum Gasteiger partial charge on any atom is 2.00 e. The summed E-state index contributed by atoms with van der Waals surface area (Å²) in [5.41, 5.74) is 0. The molecule has 22 nitrogen and oxygen atoms in total. The Bertz CT molecular complexity index is 1450. The van der Waals surface area contributed by atoms with Gasteiger partial charge in [-0.25, -0.2) is 9.98 Å². The van der Waals surface area contributed by atoms with Gasteiger partial charge in [0.15, 0.2) is 49.1 Å². The third kappa shape index (κ3) is 22.1. The SMILES string of the molecule is CCCOC([S-])=N[C@@H]1O[C@H](COC(C)=O)[C@@H](OC(C)=O)[C@H](OC(C)=O)[C@H]1OC(C)=O.CCCOC([S-])=N[C@@H]1O[C@H](COC(C)=O)[C@@H](OC(C)=O)[C@H](OC(C)=O)[C@H]1OC(C)=O.[Hg+2]. The van der Waals surface area contributed by atoms with Crippen LogP contribution in [0.25, 0.3) is 0 Å². The van der Waals surface area contributed by atoms with Gasteiger partial charge in [0.2, 0.25) is 0 Å². The zero-order valence-electron chi connectivity index (χ0n) is 35.6. The number of carbonyl (C=O) groups excluding carboxylic acids is 8. The van der Waals surface area contributed by atoms with Gasteiger partial charge in [-0.2, -0.15) is 0 Å². The molecule has 340 valence electrons. The van der Waals surface area contributed by atoms with Gasteiger partial charge in [-0.1, -0.05) is 13.8 Å². The largest absolute Gasteiger partial charge is 2.00 e. The van der Waals surface area contributed by atoms with Crippen molar-refractivity contribution in [2.24, 2.45) is 9.98 Å². The number of hydrogen-bond donors (Lipinski definition) is 0. The van der Waals surface area contributed by atoms with Gasteiger partial charge in [0, 0.05) is 55.4 Å². The van der Waals surface area contributed by atoms with Crippen LogP contribution >= 0.6 is 0 Å². The Balaban J connectivity index is 0.00000116. The zero-order valence-corrected chi connectivity index (χ0v) is 42.7. The van der Waals surface area contributed by atoms with Gasteiger partial charge < -0.3 is 82.1 Å². The minimum atomic E-state index is -1.30. The van der Waals surface area contributed by atoms with E-state index in [0.717, 1.165) is 41.5 Å². The molecule has 0 aromatic rings. The van der Waals surface area contributed by atoms with Crippen molar-refractivity contribution in [1.29, 1.82) is 0 Å². The average Bonchev–Trinajstić information content (AvgIpc) is 3.12. The zero-order chi connectivity index (χ0) is 45.7. The van der Waals surface area contributed by atoms with Crippen LogP contribution in [0.4, 0.5) is 0 Å². The van der Waals surface area contributed by atoms with Crippen LogP contribution in [-0.2, 0) is 148 Å². The second-order valence-corrected chi connectivity index (χ2v) is 13.4. The van der Waals surface area contributed by atoms with E-state index in [1.165, 1.54) is 13.8 Å². The maximum absolute atomic E-state index is 11.7. The van der Waals surface area contributed by atoms with Gasteiger partial charge in [0.1, 0.15) is 25.4 Å². The summed E-state index contributed by atoms with van der Waals surface area (Å²) in [7, 11) is 0. The smallest absolute Gasteiger partial charge is 0.722 e. The predicted octanol–water partition coefficient (Wildman–Crippen LogP) is 0.796. The van der Waals surface area contributed by atoms with E-state index in [9.17, 15) is 38.4 Å². The molecule has 2 rings (SSSR count). The number of nitrogens with zero attached hydrogens (tertiary/aromatic N) is 2. The molecule has 25 heteroatoms. The molecule has 0 amide bonds. The van der Waals surface area contributed by atoms with E-state index >= 15 is 0 Å². The standard InChI is InChI=1S/2C18H27NO10S.Hg/c2*1-6-7-24-18(30)19-17-16(28-12(5)23)15(27-11(4)22)14(26-10(3)21)13(29-17)8-25-9(2)20;/h2*13-17H,6-8H2,1-5H3,(H,19,30);/q;;+2/p-2/t2*13-,14-,15+,16-,17-;/m11./s1. The van der Waals surface area contributed by atoms with E-state index in [-0.39, 0.29) is 51.3 Å². The van der Waals surface area contributed by atoms with E-state index in [2.05, 4.69) is 9.98 Å². The van der Waals surface area contributed by atoms with Crippen LogP contribution in [0.3, 0.4) is 0 Å². The molecular formula is C36H52HgN2O20S2. The van der Waals surface area contributed by atoms with Crippen molar-refractivity contribution >= 4 is 83.5 Å². The molecule has 10 atom stereocenters. The first-order valence-electron chi connectivity index (χ1n) is 18.5. The Morgan fingerprint density at radius 1 is 0.426 bits per heavy atom. The molecule has 0 aromatic heterocycles. The van der Waals surface area contributed by atoms with Crippen molar-refractivity contribution in [3.05, 3.63) is 0 Å². The van der Waals surface area contributed by atoms with E-state index in [1.54, 1.807) is 0 Å². The summed E-state index contributed by atoms with van der Waals surface area (Å²) >= 11 is 10.1. The molecule has 2 heterocycles. The Hall–Kier alpha value is -4.00. The van der Waals surface area contributed by atoms with Gasteiger partial charge in [0.25, 0.3) is 0 Å². The molecule has 0 aromatic carbocycles. The molecule has 0 radical (unpaired) electrons. The monoisotopic (exact) mass is 1100 g/mol. The summed E-state index contributed by atoms with van der Waals surface area (Å²) in [5, 5.41) is -0.338. The third-order valence-corrected chi connectivity index (χ3v) is 7.70. The van der Waals surface area contributed by atoms with Crippen molar-refractivity contribution in [2.45, 2.75) is 143 Å². The Morgan fingerprint density at radius 3 is 0.934 bits per heavy atom. The molecule has 0 spiro atoms. The molecule has 2 saturated heterocycles. The molecule has 2 fully saturated rings. The number of ether oxygens (including phenoxy) is 12. The predicted molar refractivity (Wildman–Crippen MR) is 206 cm³/mol. The Labute approximate surface area is 384 Å². The Kier molecular flexibility index (Phi) is 27.4. The fourth-order valence-electron chi connectivity index (χ4n) is 5.28. The average molecular weight is 1100 g/mol. The van der Waals surface area contributed by atoms with Crippen molar-refractivity contribution in [1.82, 2.24) is 0 Å². The molecular weight excluding hydrogens is 1050 g/mol. The van der Waals surface area contributed by atoms with Crippen LogP contribution in [0.1, 0.15) is 82.1 Å². The van der Waals surface area contributed by atoms with Gasteiger partial charge in [0.05, 0.1) is 23.7 Å². The second kappa shape index (κ2) is 29.3. The molecule has 2 aliphatic heterocycles. The summed E-state index contributed by atoms with van der Waals surface area (Å²) in [6, 6.07) is 0. The normalized spacial score (nSPS) is 25.9. The van der Waals surface area contributed by atoms with Crippen LogP contribution in [0.2, 0.25) is 0 Å². The summed E-state index contributed by atoms with van der Waals surface area (Å²) in [6.07, 6.45) is -11.0. The summed E-state index contributed by atoms with van der Waals surface area (Å²) in [6.45, 7) is 12.8. The number of carbonyl (C=O) groups is 8. The number of aliphatic imine (C=N–C) groups is 2. The van der Waals surface area contributed by atoms with E-state index in [4.69, 9.17) is 82.1 Å². The topological polar surface area (TPSA) is 272 Å². The van der Waals surface area contributed by atoms with Gasteiger partial charge in [-0.05, 0) is 12.8 Å². The van der Waals surface area contributed by atoms with Crippen LogP contribution in [-0.4, -0.2) is 146 Å². The van der Waals surface area contributed by atoms with Crippen LogP contribution in [0, 0.1) is 0 Å². The Morgan fingerprint density at radius 2 is 0.689 bits per heavy atom. The third-order valence-electron chi connectivity index (χ3n) is 7.26. The van der Waals surface area contributed by atoms with Crippen molar-refractivity contribution in [2.75, 3.05) is 26.4 Å². The maximum atomic E-state index is 11.7. The first kappa shape index (κ1) is 57.0. The van der Waals surface area contributed by atoms with Crippen LogP contribution < -0.4 is 0 Å². The van der Waals surface area contributed by atoms with E-state index < -0.39 is 109 Å². The quantitative estimate of drug-likeness (QED) is 0.0516. The van der Waals surface area contributed by atoms with Crippen molar-refractivity contribution in [3.8, 4) is 0 Å². The van der Waals surface area contributed by atoms with Crippen LogP contribution in [0.15, 0.2) is 9.98 Å². The van der Waals surface area contributed by atoms with Gasteiger partial charge >= 0.3 is 75.4 Å². The van der Waals surface area contributed by atoms with E-state index in [1.807, 2.05) is 13.8 Å². The second-order valence-electron chi connectivity index (χ2n) is 12.7. The minimum Gasteiger partial charge on any atom is -0.722 e. The van der Waals surface area contributed by atoms with Crippen LogP contribution in [0.5, 0.6) is 0 Å². The number of hydrogen-bond acceptors (Lipinski definition) is 24. The van der Waals surface area contributed by atoms with Crippen molar-refractivity contribution in [3.63, 3.8) is 0 Å². The molecule has 0 saturated carbocycles. The fraction of sp³-hybridized carbons (Fsp3) is 0.722. The molecule has 61 heavy (non-hydrogen) atoms.